The zero-order chi connectivity index (χ0) is 14.0. The first kappa shape index (κ1) is 13.6. The molecule has 3 nitrogen and oxygen atoms in total. The van der Waals surface area contributed by atoms with E-state index in [1.807, 2.05) is 0 Å². The number of halogens is 2. The molecular weight excluding hydrogens is 254 g/mol. The zero-order valence-electron chi connectivity index (χ0n) is 10.3. The average Bonchev–Trinajstić information content (AvgIpc) is 2.36. The van der Waals surface area contributed by atoms with Crippen molar-refractivity contribution >= 4 is 11.8 Å². The predicted octanol–water partition coefficient (Wildman–Crippen LogP) is 2.72. The quantitative estimate of drug-likeness (QED) is 0.857. The third-order valence-corrected chi connectivity index (χ3v) is 3.69. The van der Waals surface area contributed by atoms with Gasteiger partial charge < -0.3 is 5.11 Å². The van der Waals surface area contributed by atoms with E-state index in [0.29, 0.717) is 18.4 Å². The van der Waals surface area contributed by atoms with Crippen LogP contribution in [0.4, 0.5) is 8.78 Å². The Morgan fingerprint density at radius 1 is 1.26 bits per heavy atom. The minimum atomic E-state index is -1.48. The molecule has 0 aromatic heterocycles. The summed E-state index contributed by atoms with van der Waals surface area (Å²) in [6.07, 6.45) is 1.74. The van der Waals surface area contributed by atoms with Gasteiger partial charge in [-0.15, -0.1) is 0 Å². The molecular formula is C14H14F2O3. The summed E-state index contributed by atoms with van der Waals surface area (Å²) in [6.45, 7) is 0. The second kappa shape index (κ2) is 5.07. The van der Waals surface area contributed by atoms with Crippen molar-refractivity contribution in [2.75, 3.05) is 0 Å². The maximum atomic E-state index is 13.1. The van der Waals surface area contributed by atoms with E-state index in [1.54, 1.807) is 0 Å². The number of Topliss-reactive ketones (excluding diaryl/α,β-unsaturated/α-hetero) is 1. The van der Waals surface area contributed by atoms with Gasteiger partial charge in [0, 0.05) is 6.42 Å². The number of hydrogen-bond donors (Lipinski definition) is 1. The van der Waals surface area contributed by atoms with E-state index in [2.05, 4.69) is 0 Å². The lowest BCUT2D eigenvalue weighted by molar-refractivity contribution is -0.157. The molecule has 0 saturated heterocycles. The van der Waals surface area contributed by atoms with Crippen LogP contribution in [0, 0.1) is 17.0 Å². The molecule has 1 saturated carbocycles. The highest BCUT2D eigenvalue weighted by Crippen LogP contribution is 2.37. The van der Waals surface area contributed by atoms with Crippen molar-refractivity contribution in [3.8, 4) is 0 Å². The number of carboxylic acid groups (broad SMARTS) is 1. The van der Waals surface area contributed by atoms with E-state index in [4.69, 9.17) is 0 Å². The van der Waals surface area contributed by atoms with Gasteiger partial charge in [-0.3, -0.25) is 9.59 Å². The SMILES string of the molecule is O=C(O)C1(Cc2ccc(F)c(F)c2)CCCCC1=O. The lowest BCUT2D eigenvalue weighted by Gasteiger charge is -2.31. The van der Waals surface area contributed by atoms with Crippen molar-refractivity contribution in [2.24, 2.45) is 5.41 Å². The molecule has 102 valence electrons. The summed E-state index contributed by atoms with van der Waals surface area (Å²) in [5, 5.41) is 9.36. The van der Waals surface area contributed by atoms with Crippen LogP contribution < -0.4 is 0 Å². The fourth-order valence-electron chi connectivity index (χ4n) is 2.58. The van der Waals surface area contributed by atoms with Crippen LogP contribution in [-0.4, -0.2) is 16.9 Å². The highest BCUT2D eigenvalue weighted by atomic mass is 19.2. The monoisotopic (exact) mass is 268 g/mol. The molecule has 1 aliphatic carbocycles. The minimum Gasteiger partial charge on any atom is -0.480 e. The fourth-order valence-corrected chi connectivity index (χ4v) is 2.58. The van der Waals surface area contributed by atoms with Crippen molar-refractivity contribution < 1.29 is 23.5 Å². The number of carboxylic acids is 1. The third kappa shape index (κ3) is 2.50. The Kier molecular flexibility index (Phi) is 3.64. The molecule has 0 bridgehead atoms. The Morgan fingerprint density at radius 3 is 2.58 bits per heavy atom. The highest BCUT2D eigenvalue weighted by Gasteiger charge is 2.46. The average molecular weight is 268 g/mol. The van der Waals surface area contributed by atoms with E-state index in [-0.39, 0.29) is 25.0 Å². The predicted molar refractivity (Wildman–Crippen MR) is 63.6 cm³/mol. The standard InChI is InChI=1S/C14H14F2O3/c15-10-5-4-9(7-11(10)16)8-14(13(18)19)6-2-1-3-12(14)17/h4-5,7H,1-3,6,8H2,(H,18,19). The first-order valence-electron chi connectivity index (χ1n) is 6.16. The van der Waals surface area contributed by atoms with Crippen LogP contribution in [0.1, 0.15) is 31.2 Å². The molecule has 0 radical (unpaired) electrons. The minimum absolute atomic E-state index is 0.0850. The molecule has 1 N–H and O–H groups in total. The molecule has 1 aliphatic rings. The molecule has 0 aliphatic heterocycles. The van der Waals surface area contributed by atoms with E-state index >= 15 is 0 Å². The molecule has 0 heterocycles. The van der Waals surface area contributed by atoms with Crippen LogP contribution in [0.15, 0.2) is 18.2 Å². The van der Waals surface area contributed by atoms with Gasteiger partial charge in [0.05, 0.1) is 0 Å². The van der Waals surface area contributed by atoms with E-state index in [9.17, 15) is 23.5 Å². The van der Waals surface area contributed by atoms with Gasteiger partial charge in [-0.25, -0.2) is 8.78 Å². The van der Waals surface area contributed by atoms with Crippen LogP contribution >= 0.6 is 0 Å². The van der Waals surface area contributed by atoms with E-state index < -0.39 is 23.0 Å². The molecule has 1 unspecified atom stereocenters. The van der Waals surface area contributed by atoms with Crippen molar-refractivity contribution in [2.45, 2.75) is 32.1 Å². The third-order valence-electron chi connectivity index (χ3n) is 3.69. The van der Waals surface area contributed by atoms with Crippen LogP contribution in [0.25, 0.3) is 0 Å². The number of hydrogen-bond acceptors (Lipinski definition) is 2. The zero-order valence-corrected chi connectivity index (χ0v) is 10.3. The van der Waals surface area contributed by atoms with Gasteiger partial charge in [0.2, 0.25) is 0 Å². The second-order valence-corrected chi connectivity index (χ2v) is 4.94. The second-order valence-electron chi connectivity index (χ2n) is 4.94. The first-order valence-corrected chi connectivity index (χ1v) is 6.16. The maximum Gasteiger partial charge on any atom is 0.317 e. The highest BCUT2D eigenvalue weighted by molar-refractivity contribution is 6.03. The Hall–Kier alpha value is -1.78. The number of rotatable bonds is 3. The Labute approximate surface area is 109 Å². The topological polar surface area (TPSA) is 54.4 Å². The molecule has 1 atom stereocenters. The van der Waals surface area contributed by atoms with Gasteiger partial charge in [0.15, 0.2) is 17.4 Å². The maximum absolute atomic E-state index is 13.1. The van der Waals surface area contributed by atoms with Crippen LogP contribution in [0.2, 0.25) is 0 Å². The molecule has 0 amide bonds. The van der Waals surface area contributed by atoms with Gasteiger partial charge in [-0.1, -0.05) is 12.5 Å². The number of benzene rings is 1. The fraction of sp³-hybridized carbons (Fsp3) is 0.429. The van der Waals surface area contributed by atoms with Gasteiger partial charge in [0.1, 0.15) is 5.41 Å². The molecule has 5 heteroatoms. The normalized spacial score (nSPS) is 23.4. The van der Waals surface area contributed by atoms with Gasteiger partial charge >= 0.3 is 5.97 Å². The summed E-state index contributed by atoms with van der Waals surface area (Å²) in [5.74, 6) is -3.51. The summed E-state index contributed by atoms with van der Waals surface area (Å²) in [4.78, 5) is 23.4. The van der Waals surface area contributed by atoms with Crippen molar-refractivity contribution in [1.82, 2.24) is 0 Å². The van der Waals surface area contributed by atoms with E-state index in [1.165, 1.54) is 6.07 Å². The lowest BCUT2D eigenvalue weighted by atomic mass is 9.69. The summed E-state index contributed by atoms with van der Waals surface area (Å²) in [7, 11) is 0. The van der Waals surface area contributed by atoms with Gasteiger partial charge in [0.25, 0.3) is 0 Å². The Bertz CT molecular complexity index is 527. The summed E-state index contributed by atoms with van der Waals surface area (Å²) < 4.78 is 26.0. The Balaban J connectivity index is 2.33. The molecule has 2 rings (SSSR count). The van der Waals surface area contributed by atoms with E-state index in [0.717, 1.165) is 12.1 Å². The molecule has 1 aromatic rings. The van der Waals surface area contributed by atoms with Crippen LogP contribution in [-0.2, 0) is 16.0 Å². The van der Waals surface area contributed by atoms with Gasteiger partial charge in [-0.2, -0.15) is 0 Å². The van der Waals surface area contributed by atoms with Crippen LogP contribution in [0.3, 0.4) is 0 Å². The molecule has 1 aromatic carbocycles. The number of carbonyl (C=O) groups excluding carboxylic acids is 1. The van der Waals surface area contributed by atoms with Gasteiger partial charge in [-0.05, 0) is 37.0 Å². The van der Waals surface area contributed by atoms with Crippen molar-refractivity contribution in [3.63, 3.8) is 0 Å². The number of carbonyl (C=O) groups is 2. The molecule has 1 fully saturated rings. The number of ketones is 1. The smallest absolute Gasteiger partial charge is 0.317 e. The summed E-state index contributed by atoms with van der Waals surface area (Å²) in [5.41, 5.74) is -1.15. The first-order chi connectivity index (χ1) is 8.95. The van der Waals surface area contributed by atoms with Crippen molar-refractivity contribution in [3.05, 3.63) is 35.4 Å². The van der Waals surface area contributed by atoms with Crippen molar-refractivity contribution in [1.29, 1.82) is 0 Å². The summed E-state index contributed by atoms with van der Waals surface area (Å²) >= 11 is 0. The van der Waals surface area contributed by atoms with Crippen LogP contribution in [0.5, 0.6) is 0 Å². The Morgan fingerprint density at radius 2 is 2.00 bits per heavy atom. The number of aliphatic carboxylic acids is 1. The lowest BCUT2D eigenvalue weighted by Crippen LogP contribution is -2.43. The molecule has 19 heavy (non-hydrogen) atoms. The summed E-state index contributed by atoms with van der Waals surface area (Å²) in [6, 6.07) is 3.24. The largest absolute Gasteiger partial charge is 0.480 e. The molecule has 0 spiro atoms.